The molecule has 2 amide bonds. The zero-order valence-corrected chi connectivity index (χ0v) is 16.2. The second-order valence-corrected chi connectivity index (χ2v) is 7.30. The predicted octanol–water partition coefficient (Wildman–Crippen LogP) is 2.98. The van der Waals surface area contributed by atoms with Gasteiger partial charge in [-0.3, -0.25) is 9.59 Å². The third-order valence-electron chi connectivity index (χ3n) is 5.45. The lowest BCUT2D eigenvalue weighted by Crippen LogP contribution is -2.38. The van der Waals surface area contributed by atoms with Crippen LogP contribution in [0.4, 0.5) is 0 Å². The normalized spacial score (nSPS) is 15.2. The highest BCUT2D eigenvalue weighted by Gasteiger charge is 2.25. The summed E-state index contributed by atoms with van der Waals surface area (Å²) in [4.78, 5) is 31.4. The second kappa shape index (κ2) is 7.46. The summed E-state index contributed by atoms with van der Waals surface area (Å²) >= 11 is 0. The van der Waals surface area contributed by atoms with Crippen LogP contribution < -0.4 is 5.32 Å². The van der Waals surface area contributed by atoms with Crippen molar-refractivity contribution in [1.82, 2.24) is 19.8 Å². The number of carbonyl (C=O) groups is 2. The van der Waals surface area contributed by atoms with E-state index in [0.717, 1.165) is 35.4 Å². The van der Waals surface area contributed by atoms with E-state index in [1.165, 1.54) is 0 Å². The highest BCUT2D eigenvalue weighted by atomic mass is 16.2. The molecule has 1 aliphatic rings. The molecule has 144 valence electrons. The van der Waals surface area contributed by atoms with Crippen molar-refractivity contribution in [2.75, 3.05) is 13.1 Å². The number of hydrogen-bond donors (Lipinski definition) is 1. The molecular formula is C22H24N4O2. The number of hydrogen-bond acceptors (Lipinski definition) is 3. The van der Waals surface area contributed by atoms with Gasteiger partial charge in [-0.15, -0.1) is 0 Å². The Balaban J connectivity index is 1.58. The number of fused-ring (bicyclic) bond motifs is 1. The average molecular weight is 376 g/mol. The van der Waals surface area contributed by atoms with Crippen molar-refractivity contribution >= 4 is 22.8 Å². The Labute approximate surface area is 164 Å². The Bertz CT molecular complexity index is 1030. The van der Waals surface area contributed by atoms with Gasteiger partial charge in [0, 0.05) is 32.1 Å². The number of aryl methyl sites for hydroxylation is 2. The van der Waals surface area contributed by atoms with Crippen LogP contribution in [-0.2, 0) is 11.8 Å². The van der Waals surface area contributed by atoms with Gasteiger partial charge < -0.3 is 14.8 Å². The van der Waals surface area contributed by atoms with Crippen molar-refractivity contribution in [3.63, 3.8) is 0 Å². The average Bonchev–Trinajstić information content (AvgIpc) is 3.24. The monoisotopic (exact) mass is 376 g/mol. The van der Waals surface area contributed by atoms with Crippen molar-refractivity contribution in [2.45, 2.75) is 25.8 Å². The summed E-state index contributed by atoms with van der Waals surface area (Å²) in [5.74, 6) is 0.897. The van der Waals surface area contributed by atoms with Crippen LogP contribution >= 0.6 is 0 Å². The number of aromatic nitrogens is 2. The van der Waals surface area contributed by atoms with Crippen LogP contribution in [0.2, 0.25) is 0 Å². The fourth-order valence-corrected chi connectivity index (χ4v) is 3.74. The molecular weight excluding hydrogens is 352 g/mol. The van der Waals surface area contributed by atoms with Crippen LogP contribution in [0.25, 0.3) is 11.0 Å². The van der Waals surface area contributed by atoms with E-state index >= 15 is 0 Å². The summed E-state index contributed by atoms with van der Waals surface area (Å²) in [5, 5.41) is 3.12. The molecule has 0 saturated carbocycles. The first-order valence-corrected chi connectivity index (χ1v) is 9.59. The van der Waals surface area contributed by atoms with Crippen molar-refractivity contribution in [3.8, 4) is 0 Å². The number of nitrogens with zero attached hydrogens (tertiary/aromatic N) is 3. The van der Waals surface area contributed by atoms with E-state index in [0.29, 0.717) is 18.5 Å². The molecule has 2 aromatic carbocycles. The van der Waals surface area contributed by atoms with Gasteiger partial charge in [-0.05, 0) is 37.1 Å². The number of nitrogens with one attached hydrogen (secondary N) is 1. The Morgan fingerprint density at radius 2 is 2.00 bits per heavy atom. The minimum Gasteiger partial charge on any atom is -0.343 e. The van der Waals surface area contributed by atoms with Crippen LogP contribution in [0.3, 0.4) is 0 Å². The smallest absolute Gasteiger partial charge is 0.251 e. The van der Waals surface area contributed by atoms with Crippen molar-refractivity contribution in [3.05, 3.63) is 65.5 Å². The first kappa shape index (κ1) is 18.2. The Morgan fingerprint density at radius 1 is 1.21 bits per heavy atom. The molecule has 28 heavy (non-hydrogen) atoms. The molecule has 1 aliphatic heterocycles. The standard InChI is InChI=1S/C22H24N4O2/c1-15-23-18-13-17(10-11-20(18)25(15)2)22(28)24-19(16-7-4-3-5-8-16)14-26-12-6-9-21(26)27/h3-5,7-8,10-11,13,19H,6,9,12,14H2,1-2H3,(H,24,28)/t19-/m0/s1. The Hall–Kier alpha value is -3.15. The van der Waals surface area contributed by atoms with Crippen LogP contribution in [0.5, 0.6) is 0 Å². The molecule has 6 nitrogen and oxygen atoms in total. The third kappa shape index (κ3) is 3.50. The maximum atomic E-state index is 13.0. The van der Waals surface area contributed by atoms with E-state index in [4.69, 9.17) is 0 Å². The lowest BCUT2D eigenvalue weighted by molar-refractivity contribution is -0.128. The van der Waals surface area contributed by atoms with Crippen LogP contribution in [0, 0.1) is 6.92 Å². The van der Waals surface area contributed by atoms with Gasteiger partial charge in [-0.1, -0.05) is 30.3 Å². The molecule has 3 aromatic rings. The topological polar surface area (TPSA) is 67.2 Å². The molecule has 6 heteroatoms. The highest BCUT2D eigenvalue weighted by Crippen LogP contribution is 2.21. The zero-order valence-electron chi connectivity index (χ0n) is 16.2. The fraction of sp³-hybridized carbons (Fsp3) is 0.318. The minimum absolute atomic E-state index is 0.153. The van der Waals surface area contributed by atoms with Crippen LogP contribution in [-0.4, -0.2) is 39.4 Å². The molecule has 0 spiro atoms. The predicted molar refractivity (Wildman–Crippen MR) is 108 cm³/mol. The number of rotatable bonds is 5. The van der Waals surface area contributed by atoms with Crippen molar-refractivity contribution in [1.29, 1.82) is 0 Å². The molecule has 1 atom stereocenters. The van der Waals surface area contributed by atoms with Gasteiger partial charge >= 0.3 is 0 Å². The van der Waals surface area contributed by atoms with Crippen molar-refractivity contribution < 1.29 is 9.59 Å². The SMILES string of the molecule is Cc1nc2cc(C(=O)N[C@@H](CN3CCCC3=O)c3ccccc3)ccc2n1C. The summed E-state index contributed by atoms with van der Waals surface area (Å²) in [6, 6.07) is 15.1. The van der Waals surface area contributed by atoms with Crippen LogP contribution in [0.1, 0.15) is 40.6 Å². The Kier molecular flexibility index (Phi) is 4.86. The van der Waals surface area contributed by atoms with E-state index < -0.39 is 0 Å². The molecule has 1 saturated heterocycles. The zero-order chi connectivity index (χ0) is 19.7. The van der Waals surface area contributed by atoms with E-state index in [1.54, 1.807) is 0 Å². The van der Waals surface area contributed by atoms with Gasteiger partial charge in [-0.2, -0.15) is 0 Å². The van der Waals surface area contributed by atoms with Gasteiger partial charge in [0.2, 0.25) is 5.91 Å². The minimum atomic E-state index is -0.253. The third-order valence-corrected chi connectivity index (χ3v) is 5.45. The summed E-state index contributed by atoms with van der Waals surface area (Å²) in [6.45, 7) is 3.18. The lowest BCUT2D eigenvalue weighted by atomic mass is 10.1. The number of carbonyl (C=O) groups excluding carboxylic acids is 2. The fourth-order valence-electron chi connectivity index (χ4n) is 3.74. The largest absolute Gasteiger partial charge is 0.343 e. The maximum absolute atomic E-state index is 13.0. The lowest BCUT2D eigenvalue weighted by Gasteiger charge is -2.25. The first-order valence-electron chi connectivity index (χ1n) is 9.59. The maximum Gasteiger partial charge on any atom is 0.251 e. The van der Waals surface area contributed by atoms with Gasteiger partial charge in [0.05, 0.1) is 17.1 Å². The second-order valence-electron chi connectivity index (χ2n) is 7.30. The number of imidazole rings is 1. The molecule has 0 radical (unpaired) electrons. The van der Waals surface area contributed by atoms with E-state index in [1.807, 2.05) is 72.0 Å². The number of likely N-dealkylation sites (tertiary alicyclic amines) is 1. The number of amides is 2. The quantitative estimate of drug-likeness (QED) is 0.744. The first-order chi connectivity index (χ1) is 13.5. The molecule has 1 N–H and O–H groups in total. The van der Waals surface area contributed by atoms with E-state index in [9.17, 15) is 9.59 Å². The van der Waals surface area contributed by atoms with Crippen LogP contribution in [0.15, 0.2) is 48.5 Å². The van der Waals surface area contributed by atoms with Gasteiger partial charge in [0.25, 0.3) is 5.91 Å². The molecule has 2 heterocycles. The molecule has 0 unspecified atom stereocenters. The highest BCUT2D eigenvalue weighted by molar-refractivity contribution is 5.97. The molecule has 1 fully saturated rings. The molecule has 0 aliphatic carbocycles. The molecule has 4 rings (SSSR count). The van der Waals surface area contributed by atoms with Gasteiger partial charge in [-0.25, -0.2) is 4.98 Å². The summed E-state index contributed by atoms with van der Waals surface area (Å²) in [5.41, 5.74) is 3.36. The molecule has 1 aromatic heterocycles. The van der Waals surface area contributed by atoms with Crippen molar-refractivity contribution in [2.24, 2.45) is 7.05 Å². The van der Waals surface area contributed by atoms with Gasteiger partial charge in [0.1, 0.15) is 5.82 Å². The summed E-state index contributed by atoms with van der Waals surface area (Å²) in [6.07, 6.45) is 1.47. The number of benzene rings is 2. The Morgan fingerprint density at radius 3 is 2.71 bits per heavy atom. The molecule has 0 bridgehead atoms. The van der Waals surface area contributed by atoms with E-state index in [2.05, 4.69) is 10.3 Å². The van der Waals surface area contributed by atoms with Gasteiger partial charge in [0.15, 0.2) is 0 Å². The summed E-state index contributed by atoms with van der Waals surface area (Å²) < 4.78 is 2.00. The summed E-state index contributed by atoms with van der Waals surface area (Å²) in [7, 11) is 1.96. The van der Waals surface area contributed by atoms with E-state index in [-0.39, 0.29) is 17.9 Å².